The molecule has 0 fully saturated rings. The zero-order valence-electron chi connectivity index (χ0n) is 14.8. The summed E-state index contributed by atoms with van der Waals surface area (Å²) >= 11 is 0. The Morgan fingerprint density at radius 2 is 2.00 bits per heavy atom. The van der Waals surface area contributed by atoms with Crippen molar-refractivity contribution in [1.29, 1.82) is 0 Å². The molecule has 0 spiro atoms. The van der Waals surface area contributed by atoms with Crippen LogP contribution in [0.4, 0.5) is 17.1 Å². The molecule has 0 aromatic heterocycles. The molecule has 0 saturated carbocycles. The molecule has 2 N–H and O–H groups in total. The lowest BCUT2D eigenvalue weighted by atomic mass is 10.2. The van der Waals surface area contributed by atoms with Crippen molar-refractivity contribution in [2.75, 3.05) is 38.4 Å². The number of nitrogens with two attached hydrogens (primary N) is 1. The lowest BCUT2D eigenvalue weighted by molar-refractivity contribution is -0.145. The van der Waals surface area contributed by atoms with Crippen LogP contribution in [0.15, 0.2) is 41.4 Å². The van der Waals surface area contributed by atoms with Gasteiger partial charge in [-0.15, -0.1) is 0 Å². The fraction of sp³-hybridized carbons (Fsp3) is 0.222. The van der Waals surface area contributed by atoms with E-state index in [-0.39, 0.29) is 6.54 Å². The normalized spacial score (nSPS) is 12.2. The minimum Gasteiger partial charge on any atom is -0.468 e. The fourth-order valence-electron chi connectivity index (χ4n) is 2.31. The molecule has 136 valence electrons. The quantitative estimate of drug-likeness (QED) is 0.650. The van der Waals surface area contributed by atoms with Crippen LogP contribution in [0.1, 0.15) is 0 Å². The molecule has 0 amide bonds. The van der Waals surface area contributed by atoms with Gasteiger partial charge in [-0.25, -0.2) is 4.99 Å². The van der Waals surface area contributed by atoms with Crippen molar-refractivity contribution in [3.63, 3.8) is 0 Å². The van der Waals surface area contributed by atoms with Crippen LogP contribution in [0.2, 0.25) is 0 Å². The number of anilines is 2. The van der Waals surface area contributed by atoms with Crippen LogP contribution in [0.25, 0.3) is 0 Å². The van der Waals surface area contributed by atoms with Crippen molar-refractivity contribution in [2.24, 2.45) is 4.99 Å². The minimum absolute atomic E-state index is 0.0774. The standard InChI is InChI=1S/C18H20N4O4/c1-21(2)12-4-6-13(7-5-12)25-16-9-17-15(8-14(16)19)20-11-22(26-17)10-18(23)24-3/h4-9,11H,10,19H2,1-3H3. The first kappa shape index (κ1) is 17.4. The third kappa shape index (κ3) is 3.80. The summed E-state index contributed by atoms with van der Waals surface area (Å²) in [6.07, 6.45) is 1.40. The van der Waals surface area contributed by atoms with Crippen molar-refractivity contribution < 1.29 is 19.1 Å². The number of ether oxygens (including phenoxy) is 2. The number of aliphatic imine (C=N–C) groups is 1. The van der Waals surface area contributed by atoms with Gasteiger partial charge in [-0.1, -0.05) is 0 Å². The highest BCUT2D eigenvalue weighted by molar-refractivity contribution is 5.78. The van der Waals surface area contributed by atoms with Gasteiger partial charge in [-0.2, -0.15) is 5.06 Å². The van der Waals surface area contributed by atoms with Gasteiger partial charge < -0.3 is 24.9 Å². The first-order valence-corrected chi connectivity index (χ1v) is 7.90. The number of esters is 1. The van der Waals surface area contributed by atoms with Crippen LogP contribution in [0.5, 0.6) is 17.2 Å². The number of hydrogen-bond acceptors (Lipinski definition) is 8. The predicted octanol–water partition coefficient (Wildman–Crippen LogP) is 2.57. The molecular weight excluding hydrogens is 336 g/mol. The second-order valence-electron chi connectivity index (χ2n) is 5.84. The van der Waals surface area contributed by atoms with Gasteiger partial charge in [-0.05, 0) is 30.3 Å². The maximum atomic E-state index is 11.4. The second kappa shape index (κ2) is 7.22. The van der Waals surface area contributed by atoms with E-state index in [2.05, 4.69) is 9.73 Å². The highest BCUT2D eigenvalue weighted by Gasteiger charge is 2.19. The van der Waals surface area contributed by atoms with E-state index < -0.39 is 5.97 Å². The topological polar surface area (TPSA) is 89.6 Å². The number of hydrogen-bond donors (Lipinski definition) is 1. The molecule has 1 heterocycles. The lowest BCUT2D eigenvalue weighted by Crippen LogP contribution is -2.33. The molecule has 3 rings (SSSR count). The number of benzene rings is 2. The summed E-state index contributed by atoms with van der Waals surface area (Å²) in [6.45, 7) is -0.0774. The summed E-state index contributed by atoms with van der Waals surface area (Å²) in [4.78, 5) is 23.2. The van der Waals surface area contributed by atoms with Gasteiger partial charge in [-0.3, -0.25) is 4.79 Å². The third-order valence-electron chi connectivity index (χ3n) is 3.73. The lowest BCUT2D eigenvalue weighted by Gasteiger charge is -2.24. The number of rotatable bonds is 5. The first-order valence-electron chi connectivity index (χ1n) is 7.90. The van der Waals surface area contributed by atoms with E-state index in [0.29, 0.717) is 28.6 Å². The second-order valence-corrected chi connectivity index (χ2v) is 5.84. The zero-order chi connectivity index (χ0) is 18.7. The number of carbonyl (C=O) groups excluding carboxylic acids is 1. The van der Waals surface area contributed by atoms with E-state index in [1.54, 1.807) is 12.1 Å². The molecule has 26 heavy (non-hydrogen) atoms. The van der Waals surface area contributed by atoms with Gasteiger partial charge in [0.05, 0.1) is 12.8 Å². The molecule has 2 aromatic rings. The van der Waals surface area contributed by atoms with Crippen molar-refractivity contribution >= 4 is 29.4 Å². The smallest absolute Gasteiger partial charge is 0.329 e. The van der Waals surface area contributed by atoms with Crippen LogP contribution in [0, 0.1) is 0 Å². The summed E-state index contributed by atoms with van der Waals surface area (Å²) in [5.74, 6) is 1.09. The largest absolute Gasteiger partial charge is 0.468 e. The van der Waals surface area contributed by atoms with Gasteiger partial charge in [0.1, 0.15) is 17.8 Å². The summed E-state index contributed by atoms with van der Waals surface area (Å²) in [6, 6.07) is 10.9. The molecule has 8 nitrogen and oxygen atoms in total. The van der Waals surface area contributed by atoms with E-state index in [9.17, 15) is 4.79 Å². The maximum absolute atomic E-state index is 11.4. The average Bonchev–Trinajstić information content (AvgIpc) is 2.63. The number of methoxy groups -OCH3 is 1. The Morgan fingerprint density at radius 1 is 1.27 bits per heavy atom. The average molecular weight is 356 g/mol. The van der Waals surface area contributed by atoms with Gasteiger partial charge >= 0.3 is 5.97 Å². The van der Waals surface area contributed by atoms with Crippen molar-refractivity contribution in [2.45, 2.75) is 0 Å². The zero-order valence-corrected chi connectivity index (χ0v) is 14.8. The van der Waals surface area contributed by atoms with E-state index in [0.717, 1.165) is 5.69 Å². The molecular formula is C18H20N4O4. The highest BCUT2D eigenvalue weighted by Crippen LogP contribution is 2.40. The summed E-state index contributed by atoms with van der Waals surface area (Å²) in [7, 11) is 5.25. The number of nitrogen functional groups attached to an aromatic ring is 1. The number of hydroxylamine groups is 2. The Balaban J connectivity index is 1.79. The van der Waals surface area contributed by atoms with Gasteiger partial charge in [0.25, 0.3) is 0 Å². The molecule has 0 unspecified atom stereocenters. The number of carbonyl (C=O) groups is 1. The SMILES string of the molecule is COC(=O)CN1C=Nc2cc(N)c(Oc3ccc(N(C)C)cc3)cc2O1. The monoisotopic (exact) mass is 356 g/mol. The Morgan fingerprint density at radius 3 is 2.65 bits per heavy atom. The molecule has 8 heteroatoms. The van der Waals surface area contributed by atoms with Crippen LogP contribution < -0.4 is 20.2 Å². The van der Waals surface area contributed by atoms with E-state index >= 15 is 0 Å². The molecule has 0 aliphatic carbocycles. The van der Waals surface area contributed by atoms with Crippen LogP contribution in [0.3, 0.4) is 0 Å². The molecule has 0 saturated heterocycles. The highest BCUT2D eigenvalue weighted by atomic mass is 16.7. The molecule has 1 aliphatic heterocycles. The van der Waals surface area contributed by atoms with Crippen molar-refractivity contribution in [1.82, 2.24) is 5.06 Å². The molecule has 2 aromatic carbocycles. The van der Waals surface area contributed by atoms with E-state index in [1.807, 2.05) is 43.3 Å². The minimum atomic E-state index is -0.437. The van der Waals surface area contributed by atoms with Crippen LogP contribution >= 0.6 is 0 Å². The number of fused-ring (bicyclic) bond motifs is 1. The maximum Gasteiger partial charge on any atom is 0.329 e. The predicted molar refractivity (Wildman–Crippen MR) is 99.2 cm³/mol. The molecule has 0 atom stereocenters. The van der Waals surface area contributed by atoms with Gasteiger partial charge in [0.2, 0.25) is 0 Å². The summed E-state index contributed by atoms with van der Waals surface area (Å²) < 4.78 is 10.5. The third-order valence-corrected chi connectivity index (χ3v) is 3.73. The number of nitrogens with zero attached hydrogens (tertiary/aromatic N) is 3. The Bertz CT molecular complexity index is 834. The Hall–Kier alpha value is -3.42. The Labute approximate surface area is 151 Å². The fourth-order valence-corrected chi connectivity index (χ4v) is 2.31. The first-order chi connectivity index (χ1) is 12.5. The Kier molecular flexibility index (Phi) is 4.83. The molecule has 0 bridgehead atoms. The molecule has 0 radical (unpaired) electrons. The van der Waals surface area contributed by atoms with Gasteiger partial charge in [0, 0.05) is 25.8 Å². The van der Waals surface area contributed by atoms with E-state index in [4.69, 9.17) is 15.3 Å². The molecule has 1 aliphatic rings. The van der Waals surface area contributed by atoms with Crippen LogP contribution in [-0.2, 0) is 9.53 Å². The van der Waals surface area contributed by atoms with Crippen molar-refractivity contribution in [3.8, 4) is 17.2 Å². The summed E-state index contributed by atoms with van der Waals surface area (Å²) in [5, 5.41) is 1.28. The van der Waals surface area contributed by atoms with E-state index in [1.165, 1.54) is 18.5 Å². The summed E-state index contributed by atoms with van der Waals surface area (Å²) in [5.41, 5.74) is 8.11. The van der Waals surface area contributed by atoms with Crippen LogP contribution in [-0.4, -0.2) is 45.1 Å². The van der Waals surface area contributed by atoms with Gasteiger partial charge in [0.15, 0.2) is 18.0 Å². The van der Waals surface area contributed by atoms with Crippen molar-refractivity contribution in [3.05, 3.63) is 36.4 Å².